The Morgan fingerprint density at radius 3 is 3.31 bits per heavy atom. The van der Waals surface area contributed by atoms with Gasteiger partial charge in [-0.1, -0.05) is 0 Å². The van der Waals surface area contributed by atoms with E-state index in [1.54, 1.807) is 0 Å². The van der Waals surface area contributed by atoms with Crippen LogP contribution in [0.15, 0.2) is 15.6 Å². The van der Waals surface area contributed by atoms with E-state index in [0.29, 0.717) is 11.0 Å². The van der Waals surface area contributed by atoms with Crippen LogP contribution in [0.5, 0.6) is 0 Å². The molecule has 2 heterocycles. The Morgan fingerprint density at radius 2 is 2.38 bits per heavy atom. The van der Waals surface area contributed by atoms with Crippen molar-refractivity contribution in [3.8, 4) is 0 Å². The van der Waals surface area contributed by atoms with Gasteiger partial charge in [0.05, 0.1) is 0 Å². The van der Waals surface area contributed by atoms with Crippen LogP contribution in [-0.2, 0) is 12.8 Å². The summed E-state index contributed by atoms with van der Waals surface area (Å²) in [6.45, 7) is 0. The molecule has 0 spiro atoms. The summed E-state index contributed by atoms with van der Waals surface area (Å²) in [7, 11) is 0. The van der Waals surface area contributed by atoms with Crippen LogP contribution in [-0.4, -0.2) is 9.97 Å². The van der Waals surface area contributed by atoms with Gasteiger partial charge in [0, 0.05) is 5.69 Å². The van der Waals surface area contributed by atoms with Crippen molar-refractivity contribution in [2.45, 2.75) is 19.3 Å². The monoisotopic (exact) mass is 176 g/mol. The van der Waals surface area contributed by atoms with Gasteiger partial charge in [0.2, 0.25) is 0 Å². The topological polar surface area (TPSA) is 58.9 Å². The zero-order chi connectivity index (χ0) is 8.84. The third kappa shape index (κ3) is 0.798. The molecule has 1 N–H and O–H groups in total. The van der Waals surface area contributed by atoms with Gasteiger partial charge in [-0.2, -0.15) is 0 Å². The number of aromatic amines is 1. The van der Waals surface area contributed by atoms with Crippen LogP contribution in [0, 0.1) is 0 Å². The highest BCUT2D eigenvalue weighted by Crippen LogP contribution is 2.26. The Morgan fingerprint density at radius 1 is 1.46 bits per heavy atom. The van der Waals surface area contributed by atoms with Gasteiger partial charge in [0.25, 0.3) is 0 Å². The standard InChI is InChI=1S/C9H8N2O2/c12-9-7-5-2-1-3-6(5)11-8(7)10-4-13-9/h4,11H,1-3H2. The molecular formula is C9H8N2O2. The van der Waals surface area contributed by atoms with Crippen LogP contribution < -0.4 is 5.63 Å². The molecule has 13 heavy (non-hydrogen) atoms. The summed E-state index contributed by atoms with van der Waals surface area (Å²) in [5.41, 5.74) is 2.66. The first kappa shape index (κ1) is 6.88. The maximum atomic E-state index is 11.4. The number of rotatable bonds is 0. The molecule has 0 aromatic carbocycles. The van der Waals surface area contributed by atoms with Crippen molar-refractivity contribution >= 4 is 11.0 Å². The van der Waals surface area contributed by atoms with Crippen LogP contribution >= 0.6 is 0 Å². The number of hydrogen-bond acceptors (Lipinski definition) is 3. The van der Waals surface area contributed by atoms with E-state index in [1.165, 1.54) is 6.39 Å². The van der Waals surface area contributed by atoms with Gasteiger partial charge >= 0.3 is 5.63 Å². The Bertz CT molecular complexity index is 524. The SMILES string of the molecule is O=c1ocnc2[nH]c3c(c12)CCC3. The van der Waals surface area contributed by atoms with E-state index in [9.17, 15) is 4.79 Å². The van der Waals surface area contributed by atoms with E-state index >= 15 is 0 Å². The Kier molecular flexibility index (Phi) is 1.17. The van der Waals surface area contributed by atoms with E-state index in [1.807, 2.05) is 0 Å². The van der Waals surface area contributed by atoms with Crippen molar-refractivity contribution in [1.29, 1.82) is 0 Å². The summed E-state index contributed by atoms with van der Waals surface area (Å²) >= 11 is 0. The lowest BCUT2D eigenvalue weighted by Gasteiger charge is -1.88. The molecule has 1 aliphatic carbocycles. The summed E-state index contributed by atoms with van der Waals surface area (Å²) in [6, 6.07) is 0. The number of aromatic nitrogens is 2. The van der Waals surface area contributed by atoms with Crippen molar-refractivity contribution in [2.24, 2.45) is 0 Å². The molecule has 66 valence electrons. The van der Waals surface area contributed by atoms with E-state index in [0.717, 1.165) is 30.5 Å². The largest absolute Gasteiger partial charge is 0.411 e. The second-order valence-corrected chi connectivity index (χ2v) is 3.30. The van der Waals surface area contributed by atoms with Crippen molar-refractivity contribution in [3.63, 3.8) is 0 Å². The summed E-state index contributed by atoms with van der Waals surface area (Å²) in [4.78, 5) is 18.5. The summed E-state index contributed by atoms with van der Waals surface area (Å²) in [5, 5.41) is 0.648. The van der Waals surface area contributed by atoms with Crippen LogP contribution in [0.1, 0.15) is 17.7 Å². The zero-order valence-corrected chi connectivity index (χ0v) is 6.96. The summed E-state index contributed by atoms with van der Waals surface area (Å²) in [5.74, 6) is 0. The minimum atomic E-state index is -0.274. The number of aryl methyl sites for hydroxylation is 2. The fourth-order valence-corrected chi connectivity index (χ4v) is 2.01. The summed E-state index contributed by atoms with van der Waals surface area (Å²) in [6.07, 6.45) is 4.29. The van der Waals surface area contributed by atoms with Crippen molar-refractivity contribution in [1.82, 2.24) is 9.97 Å². The van der Waals surface area contributed by atoms with E-state index < -0.39 is 0 Å². The Labute approximate surface area is 73.6 Å². The number of fused-ring (bicyclic) bond motifs is 3. The van der Waals surface area contributed by atoms with Crippen LogP contribution in [0.4, 0.5) is 0 Å². The molecule has 1 aliphatic rings. The molecule has 0 fully saturated rings. The van der Waals surface area contributed by atoms with E-state index in [-0.39, 0.29) is 5.63 Å². The second-order valence-electron chi connectivity index (χ2n) is 3.30. The van der Waals surface area contributed by atoms with E-state index in [4.69, 9.17) is 4.42 Å². The number of nitrogens with one attached hydrogen (secondary N) is 1. The minimum absolute atomic E-state index is 0.274. The van der Waals surface area contributed by atoms with Crippen LogP contribution in [0.3, 0.4) is 0 Å². The minimum Gasteiger partial charge on any atom is -0.411 e. The maximum absolute atomic E-state index is 11.4. The highest BCUT2D eigenvalue weighted by molar-refractivity contribution is 5.80. The molecular weight excluding hydrogens is 168 g/mol. The van der Waals surface area contributed by atoms with Gasteiger partial charge in [-0.05, 0) is 24.8 Å². The van der Waals surface area contributed by atoms with Gasteiger partial charge in [-0.25, -0.2) is 9.78 Å². The first-order chi connectivity index (χ1) is 6.36. The maximum Gasteiger partial charge on any atom is 0.348 e. The number of nitrogens with zero attached hydrogens (tertiary/aromatic N) is 1. The van der Waals surface area contributed by atoms with Gasteiger partial charge in [0.1, 0.15) is 11.0 Å². The first-order valence-corrected chi connectivity index (χ1v) is 4.33. The lowest BCUT2D eigenvalue weighted by Crippen LogP contribution is -2.00. The molecule has 0 radical (unpaired) electrons. The van der Waals surface area contributed by atoms with Crippen LogP contribution in [0.2, 0.25) is 0 Å². The molecule has 4 heteroatoms. The third-order valence-electron chi connectivity index (χ3n) is 2.57. The lowest BCUT2D eigenvalue weighted by atomic mass is 10.2. The fraction of sp³-hybridized carbons (Fsp3) is 0.333. The normalized spacial score (nSPS) is 15.1. The van der Waals surface area contributed by atoms with E-state index in [2.05, 4.69) is 9.97 Å². The molecule has 0 saturated heterocycles. The molecule has 0 saturated carbocycles. The van der Waals surface area contributed by atoms with Gasteiger partial charge in [-0.15, -0.1) is 0 Å². The molecule has 4 nitrogen and oxygen atoms in total. The lowest BCUT2D eigenvalue weighted by molar-refractivity contribution is 0.500. The van der Waals surface area contributed by atoms with Gasteiger partial charge in [0.15, 0.2) is 6.39 Å². The molecule has 0 unspecified atom stereocenters. The molecule has 0 aliphatic heterocycles. The average molecular weight is 176 g/mol. The molecule has 0 bridgehead atoms. The van der Waals surface area contributed by atoms with Crippen molar-refractivity contribution in [2.75, 3.05) is 0 Å². The van der Waals surface area contributed by atoms with Gasteiger partial charge < -0.3 is 9.40 Å². The highest BCUT2D eigenvalue weighted by atomic mass is 16.4. The molecule has 0 amide bonds. The van der Waals surface area contributed by atoms with Crippen molar-refractivity contribution < 1.29 is 4.42 Å². The van der Waals surface area contributed by atoms with Gasteiger partial charge in [-0.3, -0.25) is 0 Å². The van der Waals surface area contributed by atoms with Crippen molar-refractivity contribution in [3.05, 3.63) is 28.1 Å². The Balaban J connectivity index is 2.53. The van der Waals surface area contributed by atoms with Crippen LogP contribution in [0.25, 0.3) is 11.0 Å². The highest BCUT2D eigenvalue weighted by Gasteiger charge is 2.19. The quantitative estimate of drug-likeness (QED) is 0.651. The predicted octanol–water partition coefficient (Wildman–Crippen LogP) is 1.00. The second kappa shape index (κ2) is 2.22. The third-order valence-corrected chi connectivity index (χ3v) is 2.57. The first-order valence-electron chi connectivity index (χ1n) is 4.33. The smallest absolute Gasteiger partial charge is 0.348 e. The predicted molar refractivity (Wildman–Crippen MR) is 46.7 cm³/mol. The summed E-state index contributed by atoms with van der Waals surface area (Å²) < 4.78 is 4.74. The molecule has 3 rings (SSSR count). The average Bonchev–Trinajstić information content (AvgIpc) is 2.62. The zero-order valence-electron chi connectivity index (χ0n) is 6.96. The number of hydrogen-bond donors (Lipinski definition) is 1. The number of H-pyrrole nitrogens is 1. The molecule has 2 aromatic rings. The Hall–Kier alpha value is -1.58. The fourth-order valence-electron chi connectivity index (χ4n) is 2.01. The molecule has 0 atom stereocenters. The molecule has 2 aromatic heterocycles.